The molecule has 6 heteroatoms. The highest BCUT2D eigenvalue weighted by Gasteiger charge is 2.04. The first-order chi connectivity index (χ1) is 9.67. The zero-order valence-corrected chi connectivity index (χ0v) is 11.5. The zero-order chi connectivity index (χ0) is 14.4. The van der Waals surface area contributed by atoms with Crippen molar-refractivity contribution >= 4 is 5.91 Å². The number of nitrogens with two attached hydrogens (primary N) is 1. The van der Waals surface area contributed by atoms with Gasteiger partial charge in [-0.15, -0.1) is 0 Å². The van der Waals surface area contributed by atoms with Gasteiger partial charge in [-0.3, -0.25) is 9.48 Å². The Morgan fingerprint density at radius 2 is 2.00 bits per heavy atom. The molecular formula is C14H19N5O. The highest BCUT2D eigenvalue weighted by Crippen LogP contribution is 2.04. The van der Waals surface area contributed by atoms with E-state index < -0.39 is 0 Å². The number of carbonyl (C=O) groups excluding carboxylic acids is 1. The third-order valence-corrected chi connectivity index (χ3v) is 2.94. The van der Waals surface area contributed by atoms with E-state index in [0.29, 0.717) is 25.9 Å². The molecular weight excluding hydrogens is 254 g/mol. The van der Waals surface area contributed by atoms with Gasteiger partial charge in [-0.05, 0) is 11.1 Å². The molecule has 20 heavy (non-hydrogen) atoms. The first-order valence-corrected chi connectivity index (χ1v) is 6.56. The second-order valence-corrected chi connectivity index (χ2v) is 4.63. The van der Waals surface area contributed by atoms with E-state index in [4.69, 9.17) is 5.73 Å². The highest BCUT2D eigenvalue weighted by atomic mass is 16.1. The van der Waals surface area contributed by atoms with Crippen LogP contribution in [0.5, 0.6) is 0 Å². The number of benzene rings is 1. The Kier molecular flexibility index (Phi) is 4.84. The largest absolute Gasteiger partial charge is 0.355 e. The second-order valence-electron chi connectivity index (χ2n) is 4.63. The lowest BCUT2D eigenvalue weighted by molar-refractivity contribution is -0.120. The van der Waals surface area contributed by atoms with Gasteiger partial charge in [-0.2, -0.15) is 5.10 Å². The van der Waals surface area contributed by atoms with Crippen molar-refractivity contribution in [1.82, 2.24) is 20.1 Å². The molecule has 6 nitrogen and oxygen atoms in total. The smallest absolute Gasteiger partial charge is 0.224 e. The molecule has 1 aromatic heterocycles. The maximum atomic E-state index is 11.8. The summed E-state index contributed by atoms with van der Waals surface area (Å²) in [7, 11) is 1.82. The number of aryl methyl sites for hydroxylation is 1. The summed E-state index contributed by atoms with van der Waals surface area (Å²) in [5.74, 6) is 0.738. The molecule has 1 heterocycles. The van der Waals surface area contributed by atoms with Crippen molar-refractivity contribution in [2.45, 2.75) is 19.4 Å². The van der Waals surface area contributed by atoms with Gasteiger partial charge in [0, 0.05) is 26.6 Å². The molecule has 1 aromatic carbocycles. The molecule has 0 aliphatic heterocycles. The molecule has 106 valence electrons. The van der Waals surface area contributed by atoms with Crippen LogP contribution in [0, 0.1) is 0 Å². The van der Waals surface area contributed by atoms with E-state index in [2.05, 4.69) is 15.4 Å². The van der Waals surface area contributed by atoms with Gasteiger partial charge in [0.1, 0.15) is 6.33 Å². The quantitative estimate of drug-likeness (QED) is 0.786. The second kappa shape index (κ2) is 6.81. The van der Waals surface area contributed by atoms with Crippen LogP contribution in [0.3, 0.4) is 0 Å². The first-order valence-electron chi connectivity index (χ1n) is 6.56. The Balaban J connectivity index is 1.74. The topological polar surface area (TPSA) is 85.8 Å². The molecule has 1 amide bonds. The molecule has 0 fully saturated rings. The Labute approximate surface area is 118 Å². The number of amides is 1. The van der Waals surface area contributed by atoms with Crippen LogP contribution >= 0.6 is 0 Å². The van der Waals surface area contributed by atoms with E-state index >= 15 is 0 Å². The fourth-order valence-electron chi connectivity index (χ4n) is 1.85. The fourth-order valence-corrected chi connectivity index (χ4v) is 1.85. The molecule has 0 aliphatic rings. The number of hydrogen-bond acceptors (Lipinski definition) is 4. The van der Waals surface area contributed by atoms with Crippen LogP contribution in [0.15, 0.2) is 30.6 Å². The molecule has 0 unspecified atom stereocenters. The maximum Gasteiger partial charge on any atom is 0.224 e. The van der Waals surface area contributed by atoms with E-state index in [-0.39, 0.29) is 5.91 Å². The van der Waals surface area contributed by atoms with Crippen molar-refractivity contribution in [3.05, 3.63) is 47.5 Å². The number of aromatic nitrogens is 3. The monoisotopic (exact) mass is 273 g/mol. The average molecular weight is 273 g/mol. The zero-order valence-electron chi connectivity index (χ0n) is 11.5. The summed E-state index contributed by atoms with van der Waals surface area (Å²) < 4.78 is 1.65. The predicted octanol–water partition coefficient (Wildman–Crippen LogP) is 0.175. The lowest BCUT2D eigenvalue weighted by atomic mass is 10.1. The average Bonchev–Trinajstić information content (AvgIpc) is 2.85. The molecule has 0 bridgehead atoms. The minimum atomic E-state index is 0.00132. The first kappa shape index (κ1) is 14.2. The van der Waals surface area contributed by atoms with E-state index in [9.17, 15) is 4.79 Å². The predicted molar refractivity (Wildman–Crippen MR) is 75.8 cm³/mol. The van der Waals surface area contributed by atoms with Gasteiger partial charge in [0.15, 0.2) is 5.82 Å². The Morgan fingerprint density at radius 3 is 2.60 bits per heavy atom. The molecule has 0 spiro atoms. The molecule has 0 aliphatic carbocycles. The normalized spacial score (nSPS) is 10.5. The van der Waals surface area contributed by atoms with E-state index in [0.717, 1.165) is 17.0 Å². The standard InChI is InChI=1S/C14H19N5O/c1-19-10-17-13(18-19)6-7-16-14(20)8-11-2-4-12(9-15)5-3-11/h2-5,10H,6-9,15H2,1H3,(H,16,20). The van der Waals surface area contributed by atoms with Gasteiger partial charge >= 0.3 is 0 Å². The van der Waals surface area contributed by atoms with E-state index in [1.165, 1.54) is 0 Å². The summed E-state index contributed by atoms with van der Waals surface area (Å²) in [5.41, 5.74) is 7.58. The Hall–Kier alpha value is -2.21. The third-order valence-electron chi connectivity index (χ3n) is 2.94. The van der Waals surface area contributed by atoms with Gasteiger partial charge in [0.2, 0.25) is 5.91 Å². The SMILES string of the molecule is Cn1cnc(CCNC(=O)Cc2ccc(CN)cc2)n1. The van der Waals surface area contributed by atoms with Crippen LogP contribution < -0.4 is 11.1 Å². The Morgan fingerprint density at radius 1 is 1.30 bits per heavy atom. The summed E-state index contributed by atoms with van der Waals surface area (Å²) in [4.78, 5) is 15.9. The van der Waals surface area contributed by atoms with Gasteiger partial charge in [-0.25, -0.2) is 4.98 Å². The summed E-state index contributed by atoms with van der Waals surface area (Å²) in [6.07, 6.45) is 2.66. The van der Waals surface area contributed by atoms with Crippen LogP contribution in [0.4, 0.5) is 0 Å². The van der Waals surface area contributed by atoms with Crippen LogP contribution in [0.1, 0.15) is 17.0 Å². The minimum Gasteiger partial charge on any atom is -0.355 e. The summed E-state index contributed by atoms with van der Waals surface area (Å²) >= 11 is 0. The number of hydrogen-bond donors (Lipinski definition) is 2. The Bertz CT molecular complexity index is 561. The molecule has 0 saturated heterocycles. The summed E-state index contributed by atoms with van der Waals surface area (Å²) in [6.45, 7) is 1.06. The lowest BCUT2D eigenvalue weighted by Gasteiger charge is -2.04. The number of rotatable bonds is 6. The van der Waals surface area contributed by atoms with Gasteiger partial charge < -0.3 is 11.1 Å². The van der Waals surface area contributed by atoms with Crippen molar-refractivity contribution < 1.29 is 4.79 Å². The summed E-state index contributed by atoms with van der Waals surface area (Å²) in [6, 6.07) is 7.75. The molecule has 2 rings (SSSR count). The fraction of sp³-hybridized carbons (Fsp3) is 0.357. The van der Waals surface area contributed by atoms with E-state index in [1.54, 1.807) is 11.0 Å². The van der Waals surface area contributed by atoms with Crippen LogP contribution in [-0.2, 0) is 31.2 Å². The molecule has 0 saturated carbocycles. The van der Waals surface area contributed by atoms with E-state index in [1.807, 2.05) is 31.3 Å². The number of carbonyl (C=O) groups is 1. The molecule has 0 radical (unpaired) electrons. The van der Waals surface area contributed by atoms with Crippen LogP contribution in [-0.4, -0.2) is 27.2 Å². The lowest BCUT2D eigenvalue weighted by Crippen LogP contribution is -2.27. The minimum absolute atomic E-state index is 0.00132. The van der Waals surface area contributed by atoms with Crippen molar-refractivity contribution in [2.75, 3.05) is 6.54 Å². The van der Waals surface area contributed by atoms with Crippen molar-refractivity contribution in [2.24, 2.45) is 12.8 Å². The molecule has 2 aromatic rings. The maximum absolute atomic E-state index is 11.8. The van der Waals surface area contributed by atoms with Crippen molar-refractivity contribution in [1.29, 1.82) is 0 Å². The summed E-state index contributed by atoms with van der Waals surface area (Å²) in [5, 5.41) is 7.02. The number of nitrogens with zero attached hydrogens (tertiary/aromatic N) is 3. The molecule has 0 atom stereocenters. The third kappa shape index (κ3) is 4.17. The van der Waals surface area contributed by atoms with Gasteiger partial charge in [0.25, 0.3) is 0 Å². The van der Waals surface area contributed by atoms with Gasteiger partial charge in [-0.1, -0.05) is 24.3 Å². The van der Waals surface area contributed by atoms with Crippen molar-refractivity contribution in [3.8, 4) is 0 Å². The van der Waals surface area contributed by atoms with Crippen molar-refractivity contribution in [3.63, 3.8) is 0 Å². The van der Waals surface area contributed by atoms with Gasteiger partial charge in [0.05, 0.1) is 6.42 Å². The van der Waals surface area contributed by atoms with Crippen LogP contribution in [0.25, 0.3) is 0 Å². The molecule has 3 N–H and O–H groups in total. The number of nitrogens with one attached hydrogen (secondary N) is 1. The highest BCUT2D eigenvalue weighted by molar-refractivity contribution is 5.78. The van der Waals surface area contributed by atoms with Crippen LogP contribution in [0.2, 0.25) is 0 Å².